The number of benzene rings is 3. The molecule has 0 fully saturated rings. The van der Waals surface area contributed by atoms with Gasteiger partial charge in [-0.2, -0.15) is 0 Å². The van der Waals surface area contributed by atoms with Crippen molar-refractivity contribution in [3.63, 3.8) is 0 Å². The standard InChI is InChI=1S/C21H21O2P.C4H10O.CH4/c1-22-16-17-23-18-12-14-21(15-13-18)24(19-8-4-2-5-9-19)20-10-6-3-7-11-20;1-3-4(2)5;/h2-15H,16-17H2,1H3;4-5H,3H2,1-2H3;1H4. The summed E-state index contributed by atoms with van der Waals surface area (Å²) in [6.07, 6.45) is 0.745. The Morgan fingerprint density at radius 3 is 1.60 bits per heavy atom. The van der Waals surface area contributed by atoms with Gasteiger partial charge in [-0.15, -0.1) is 0 Å². The summed E-state index contributed by atoms with van der Waals surface area (Å²) < 4.78 is 10.7. The van der Waals surface area contributed by atoms with Crippen LogP contribution in [0.15, 0.2) is 84.9 Å². The van der Waals surface area contributed by atoms with Crippen molar-refractivity contribution in [3.8, 4) is 5.75 Å². The van der Waals surface area contributed by atoms with Gasteiger partial charge in [-0.1, -0.05) is 87.1 Å². The zero-order valence-corrected chi connectivity index (χ0v) is 18.4. The minimum Gasteiger partial charge on any atom is -0.491 e. The topological polar surface area (TPSA) is 38.7 Å². The number of ether oxygens (including phenoxy) is 2. The molecule has 1 atom stereocenters. The van der Waals surface area contributed by atoms with Gasteiger partial charge in [0.15, 0.2) is 0 Å². The molecule has 0 radical (unpaired) electrons. The smallest absolute Gasteiger partial charge is 0.119 e. The average molecular weight is 427 g/mol. The number of hydrogen-bond acceptors (Lipinski definition) is 3. The molecule has 3 rings (SSSR count). The largest absolute Gasteiger partial charge is 0.491 e. The number of rotatable bonds is 8. The van der Waals surface area contributed by atoms with Gasteiger partial charge in [0.2, 0.25) is 0 Å². The predicted molar refractivity (Wildman–Crippen MR) is 131 cm³/mol. The fourth-order valence-corrected chi connectivity index (χ4v) is 4.82. The third kappa shape index (κ3) is 8.67. The molecule has 0 aliphatic heterocycles. The zero-order valence-electron chi connectivity index (χ0n) is 17.5. The molecule has 30 heavy (non-hydrogen) atoms. The van der Waals surface area contributed by atoms with Gasteiger partial charge < -0.3 is 14.6 Å². The van der Waals surface area contributed by atoms with Crippen molar-refractivity contribution >= 4 is 23.8 Å². The van der Waals surface area contributed by atoms with Gasteiger partial charge in [0.05, 0.1) is 12.7 Å². The summed E-state index contributed by atoms with van der Waals surface area (Å²) in [5, 5.41) is 12.4. The Morgan fingerprint density at radius 2 is 1.20 bits per heavy atom. The van der Waals surface area contributed by atoms with E-state index >= 15 is 0 Å². The van der Waals surface area contributed by atoms with E-state index in [9.17, 15) is 0 Å². The van der Waals surface area contributed by atoms with Crippen LogP contribution in [0.3, 0.4) is 0 Å². The molecule has 3 aromatic rings. The van der Waals surface area contributed by atoms with Crippen LogP contribution in [0.1, 0.15) is 27.7 Å². The molecule has 0 aliphatic carbocycles. The van der Waals surface area contributed by atoms with E-state index in [2.05, 4.69) is 72.8 Å². The maximum Gasteiger partial charge on any atom is 0.119 e. The first-order chi connectivity index (χ1) is 14.2. The summed E-state index contributed by atoms with van der Waals surface area (Å²) in [5.74, 6) is 0.881. The highest BCUT2D eigenvalue weighted by atomic mass is 31.1. The van der Waals surface area contributed by atoms with E-state index in [4.69, 9.17) is 14.6 Å². The fraction of sp³-hybridized carbons (Fsp3) is 0.308. The molecule has 0 saturated heterocycles. The second-order valence-electron chi connectivity index (χ2n) is 6.60. The average Bonchev–Trinajstić information content (AvgIpc) is 2.77. The molecule has 0 bridgehead atoms. The van der Waals surface area contributed by atoms with Crippen LogP contribution in [0.5, 0.6) is 5.75 Å². The second kappa shape index (κ2) is 14.7. The van der Waals surface area contributed by atoms with E-state index in [-0.39, 0.29) is 13.5 Å². The van der Waals surface area contributed by atoms with Crippen molar-refractivity contribution in [2.45, 2.75) is 33.8 Å². The van der Waals surface area contributed by atoms with E-state index in [0.717, 1.165) is 12.2 Å². The Kier molecular flexibility index (Phi) is 12.7. The summed E-state index contributed by atoms with van der Waals surface area (Å²) in [6.45, 7) is 4.90. The molecule has 0 saturated carbocycles. The van der Waals surface area contributed by atoms with Gasteiger partial charge in [0.25, 0.3) is 0 Å². The summed E-state index contributed by atoms with van der Waals surface area (Å²) in [6, 6.07) is 29.8. The highest BCUT2D eigenvalue weighted by Crippen LogP contribution is 2.33. The van der Waals surface area contributed by atoms with Crippen molar-refractivity contribution < 1.29 is 14.6 Å². The van der Waals surface area contributed by atoms with E-state index in [1.807, 2.05) is 19.1 Å². The Bertz CT molecular complexity index is 750. The van der Waals surface area contributed by atoms with Crippen molar-refractivity contribution in [1.29, 1.82) is 0 Å². The highest BCUT2D eigenvalue weighted by molar-refractivity contribution is 7.79. The predicted octanol–water partition coefficient (Wildman–Crippen LogP) is 4.88. The quantitative estimate of drug-likeness (QED) is 0.412. The zero-order chi connectivity index (χ0) is 20.9. The Hall–Kier alpha value is -2.19. The monoisotopic (exact) mass is 426 g/mol. The van der Waals surface area contributed by atoms with E-state index in [1.165, 1.54) is 15.9 Å². The first-order valence-electron chi connectivity index (χ1n) is 9.95. The van der Waals surface area contributed by atoms with Gasteiger partial charge in [-0.3, -0.25) is 0 Å². The molecule has 0 aliphatic rings. The number of aliphatic hydroxyl groups is 1. The van der Waals surface area contributed by atoms with E-state index in [0.29, 0.717) is 13.2 Å². The van der Waals surface area contributed by atoms with Crippen LogP contribution in [0.4, 0.5) is 0 Å². The van der Waals surface area contributed by atoms with Crippen molar-refractivity contribution in [1.82, 2.24) is 0 Å². The lowest BCUT2D eigenvalue weighted by Crippen LogP contribution is -2.20. The van der Waals surface area contributed by atoms with Gasteiger partial charge in [-0.05, 0) is 49.3 Å². The molecule has 0 spiro atoms. The molecule has 3 aromatic carbocycles. The van der Waals surface area contributed by atoms with Crippen LogP contribution in [0.25, 0.3) is 0 Å². The van der Waals surface area contributed by atoms with Gasteiger partial charge in [0, 0.05) is 7.11 Å². The molecule has 3 nitrogen and oxygen atoms in total. The van der Waals surface area contributed by atoms with Crippen LogP contribution in [-0.2, 0) is 4.74 Å². The molecule has 0 amide bonds. The molecule has 0 aromatic heterocycles. The van der Waals surface area contributed by atoms with Crippen LogP contribution in [0.2, 0.25) is 0 Å². The third-order valence-corrected chi connectivity index (χ3v) is 6.71. The van der Waals surface area contributed by atoms with E-state index in [1.54, 1.807) is 14.0 Å². The van der Waals surface area contributed by atoms with Gasteiger partial charge in [0.1, 0.15) is 12.4 Å². The van der Waals surface area contributed by atoms with Crippen molar-refractivity contribution in [2.75, 3.05) is 20.3 Å². The van der Waals surface area contributed by atoms with Crippen molar-refractivity contribution in [2.24, 2.45) is 0 Å². The summed E-state index contributed by atoms with van der Waals surface area (Å²) >= 11 is 0. The molecule has 1 unspecified atom stereocenters. The lowest BCUT2D eigenvalue weighted by Gasteiger charge is -2.19. The highest BCUT2D eigenvalue weighted by Gasteiger charge is 2.15. The summed E-state index contributed by atoms with van der Waals surface area (Å²) in [5.41, 5.74) is 0. The molecule has 162 valence electrons. The molecule has 4 heteroatoms. The van der Waals surface area contributed by atoms with E-state index < -0.39 is 7.92 Å². The summed E-state index contributed by atoms with van der Waals surface area (Å²) in [7, 11) is 1.13. The number of methoxy groups -OCH3 is 1. The van der Waals surface area contributed by atoms with Crippen LogP contribution in [0, 0.1) is 0 Å². The minimum atomic E-state index is -0.555. The normalized spacial score (nSPS) is 11.1. The SMILES string of the molecule is C.CCC(C)O.COCCOc1ccc(P(c2ccccc2)c2ccccc2)cc1. The van der Waals surface area contributed by atoms with Crippen molar-refractivity contribution in [3.05, 3.63) is 84.9 Å². The summed E-state index contributed by atoms with van der Waals surface area (Å²) in [4.78, 5) is 0. The third-order valence-electron chi connectivity index (χ3n) is 4.27. The first kappa shape index (κ1) is 25.8. The minimum absolute atomic E-state index is 0. The Balaban J connectivity index is 0.000000674. The first-order valence-corrected chi connectivity index (χ1v) is 11.3. The lowest BCUT2D eigenvalue weighted by molar-refractivity contribution is 0.146. The molecule has 0 heterocycles. The lowest BCUT2D eigenvalue weighted by atomic mass is 10.3. The number of aliphatic hydroxyl groups excluding tert-OH is 1. The Morgan fingerprint density at radius 1 is 0.767 bits per heavy atom. The molecular weight excluding hydrogens is 391 g/mol. The van der Waals surface area contributed by atoms with Gasteiger partial charge in [-0.25, -0.2) is 0 Å². The maximum atomic E-state index is 8.36. The van der Waals surface area contributed by atoms with Crippen LogP contribution in [-0.4, -0.2) is 31.5 Å². The molecule has 1 N–H and O–H groups in total. The Labute approximate surface area is 183 Å². The maximum absolute atomic E-state index is 8.36. The van der Waals surface area contributed by atoms with Crippen LogP contribution < -0.4 is 20.7 Å². The second-order valence-corrected chi connectivity index (χ2v) is 8.82. The van der Waals surface area contributed by atoms with Crippen LogP contribution >= 0.6 is 7.92 Å². The number of hydrogen-bond donors (Lipinski definition) is 1. The fourth-order valence-electron chi connectivity index (χ4n) is 2.54. The molecular formula is C26H35O3P. The van der Waals surface area contributed by atoms with Gasteiger partial charge >= 0.3 is 0 Å².